The van der Waals surface area contributed by atoms with Gasteiger partial charge in [-0.25, -0.2) is 4.79 Å². The summed E-state index contributed by atoms with van der Waals surface area (Å²) in [5.41, 5.74) is 3.10. The maximum Gasteiger partial charge on any atom is 0.328 e. The molecule has 0 radical (unpaired) electrons. The maximum atomic E-state index is 12.0. The fraction of sp³-hybridized carbons (Fsp3) is 0.267. The van der Waals surface area contributed by atoms with Crippen molar-refractivity contribution in [2.45, 2.75) is 13.0 Å². The van der Waals surface area contributed by atoms with Gasteiger partial charge in [-0.1, -0.05) is 6.07 Å². The third kappa shape index (κ3) is 1.85. The molecular weight excluding hydrogens is 318 g/mol. The molecule has 1 atom stereocenters. The quantitative estimate of drug-likeness (QED) is 0.709. The zero-order valence-electron chi connectivity index (χ0n) is 11.7. The van der Waals surface area contributed by atoms with Crippen molar-refractivity contribution in [2.75, 3.05) is 0 Å². The van der Waals surface area contributed by atoms with Gasteiger partial charge in [0.15, 0.2) is 0 Å². The van der Waals surface area contributed by atoms with Crippen molar-refractivity contribution in [1.29, 1.82) is 0 Å². The van der Waals surface area contributed by atoms with Crippen LogP contribution in [0.15, 0.2) is 45.9 Å². The highest BCUT2D eigenvalue weighted by atomic mass is 79.9. The largest absolute Gasteiger partial charge is 0.335 e. The Bertz CT molecular complexity index is 841. The first-order chi connectivity index (χ1) is 9.50. The lowest BCUT2D eigenvalue weighted by molar-refractivity contribution is 0.631. The van der Waals surface area contributed by atoms with E-state index in [0.717, 1.165) is 15.6 Å². The topological polar surface area (TPSA) is 31.9 Å². The second-order valence-corrected chi connectivity index (χ2v) is 5.88. The van der Waals surface area contributed by atoms with Crippen LogP contribution in [-0.2, 0) is 14.1 Å². The summed E-state index contributed by atoms with van der Waals surface area (Å²) in [6.45, 7) is 2.15. The third-order valence-electron chi connectivity index (χ3n) is 3.92. The molecule has 0 N–H and O–H groups in total. The number of hydrogen-bond donors (Lipinski definition) is 0. The Morgan fingerprint density at radius 1 is 1.10 bits per heavy atom. The van der Waals surface area contributed by atoms with Gasteiger partial charge in [0.25, 0.3) is 0 Å². The van der Waals surface area contributed by atoms with Crippen LogP contribution in [0.2, 0.25) is 0 Å². The predicted octanol–water partition coefficient (Wildman–Crippen LogP) is 3.05. The number of hydrogen-bond acceptors (Lipinski definition) is 1. The van der Waals surface area contributed by atoms with Crippen LogP contribution in [0, 0.1) is 0 Å². The molecule has 0 aliphatic rings. The lowest BCUT2D eigenvalue weighted by Crippen LogP contribution is -2.19. The third-order valence-corrected chi connectivity index (χ3v) is 4.60. The average molecular weight is 334 g/mol. The Morgan fingerprint density at radius 2 is 1.80 bits per heavy atom. The number of rotatable bonds is 2. The predicted molar refractivity (Wildman–Crippen MR) is 84.1 cm³/mol. The Hall–Kier alpha value is -1.75. The van der Waals surface area contributed by atoms with Crippen LogP contribution in [0.5, 0.6) is 0 Å². The molecular formula is C15H16BrN3O. The van der Waals surface area contributed by atoms with E-state index in [4.69, 9.17) is 0 Å². The molecule has 0 aliphatic heterocycles. The first-order valence-electron chi connectivity index (χ1n) is 6.48. The van der Waals surface area contributed by atoms with Crippen molar-refractivity contribution in [3.8, 4) is 0 Å². The molecule has 0 spiro atoms. The highest BCUT2D eigenvalue weighted by molar-refractivity contribution is 9.10. The van der Waals surface area contributed by atoms with E-state index in [0.29, 0.717) is 0 Å². The first kappa shape index (κ1) is 13.2. The molecule has 1 aromatic carbocycles. The van der Waals surface area contributed by atoms with E-state index >= 15 is 0 Å². The number of fused-ring (bicyclic) bond motifs is 1. The van der Waals surface area contributed by atoms with E-state index in [2.05, 4.69) is 39.6 Å². The number of halogens is 1. The fourth-order valence-electron chi connectivity index (χ4n) is 2.63. The van der Waals surface area contributed by atoms with Crippen LogP contribution in [-0.4, -0.2) is 13.7 Å². The maximum absolute atomic E-state index is 12.0. The standard InChI is InChI=1S/C15H16BrN3O/c1-10(19-8-4-5-14(19)16)11-6-7-12-13(9-11)18(3)15(20)17(12)2/h4-10H,1-3H3. The molecule has 3 rings (SSSR count). The van der Waals surface area contributed by atoms with Gasteiger partial charge in [0.1, 0.15) is 0 Å². The average Bonchev–Trinajstić information content (AvgIpc) is 2.97. The molecule has 0 bridgehead atoms. The molecule has 3 aromatic rings. The summed E-state index contributed by atoms with van der Waals surface area (Å²) in [5.74, 6) is 0. The molecule has 104 valence electrons. The highest BCUT2D eigenvalue weighted by Gasteiger charge is 2.13. The molecule has 20 heavy (non-hydrogen) atoms. The van der Waals surface area contributed by atoms with E-state index in [1.807, 2.05) is 31.4 Å². The van der Waals surface area contributed by atoms with Gasteiger partial charge in [0, 0.05) is 20.3 Å². The van der Waals surface area contributed by atoms with Crippen molar-refractivity contribution >= 4 is 27.0 Å². The van der Waals surface area contributed by atoms with Gasteiger partial charge < -0.3 is 4.57 Å². The summed E-state index contributed by atoms with van der Waals surface area (Å²) < 4.78 is 6.57. The van der Waals surface area contributed by atoms with Gasteiger partial charge in [-0.2, -0.15) is 0 Å². The summed E-state index contributed by atoms with van der Waals surface area (Å²) in [7, 11) is 3.61. The smallest absolute Gasteiger partial charge is 0.328 e. The SMILES string of the molecule is CC(c1ccc2c(c1)n(C)c(=O)n2C)n1cccc1Br. The number of aromatic nitrogens is 3. The minimum atomic E-state index is 0.00643. The van der Waals surface area contributed by atoms with Crippen molar-refractivity contribution < 1.29 is 0 Å². The van der Waals surface area contributed by atoms with Gasteiger partial charge in [-0.05, 0) is 52.7 Å². The fourth-order valence-corrected chi connectivity index (χ4v) is 3.21. The van der Waals surface area contributed by atoms with E-state index < -0.39 is 0 Å². The summed E-state index contributed by atoms with van der Waals surface area (Å²) in [6, 6.07) is 10.4. The van der Waals surface area contributed by atoms with Crippen molar-refractivity contribution in [1.82, 2.24) is 13.7 Å². The summed E-state index contributed by atoms with van der Waals surface area (Å²) in [6.07, 6.45) is 2.04. The Labute approximate surface area is 125 Å². The van der Waals surface area contributed by atoms with E-state index in [1.165, 1.54) is 5.56 Å². The zero-order chi connectivity index (χ0) is 14.4. The lowest BCUT2D eigenvalue weighted by Gasteiger charge is -2.16. The number of imidazole rings is 1. The molecule has 0 saturated carbocycles. The second-order valence-electron chi connectivity index (χ2n) is 5.06. The van der Waals surface area contributed by atoms with Crippen LogP contribution >= 0.6 is 15.9 Å². The Morgan fingerprint density at radius 3 is 2.45 bits per heavy atom. The molecule has 0 saturated heterocycles. The monoisotopic (exact) mass is 333 g/mol. The van der Waals surface area contributed by atoms with Crippen molar-refractivity contribution in [3.63, 3.8) is 0 Å². The second kappa shape index (κ2) is 4.66. The molecule has 1 unspecified atom stereocenters. The molecule has 0 amide bonds. The molecule has 2 aromatic heterocycles. The normalized spacial score (nSPS) is 13.0. The Balaban J connectivity index is 2.17. The molecule has 0 aliphatic carbocycles. The van der Waals surface area contributed by atoms with E-state index in [9.17, 15) is 4.79 Å². The summed E-state index contributed by atoms with van der Waals surface area (Å²) in [4.78, 5) is 12.0. The van der Waals surface area contributed by atoms with E-state index in [1.54, 1.807) is 16.2 Å². The van der Waals surface area contributed by atoms with Gasteiger partial charge in [0.05, 0.1) is 21.7 Å². The van der Waals surface area contributed by atoms with Gasteiger partial charge in [-0.3, -0.25) is 9.13 Å². The lowest BCUT2D eigenvalue weighted by atomic mass is 10.1. The number of nitrogens with zero attached hydrogens (tertiary/aromatic N) is 3. The number of benzene rings is 1. The van der Waals surface area contributed by atoms with Crippen LogP contribution in [0.3, 0.4) is 0 Å². The van der Waals surface area contributed by atoms with Gasteiger partial charge in [0.2, 0.25) is 0 Å². The number of aryl methyl sites for hydroxylation is 2. The molecule has 0 fully saturated rings. The molecule has 4 nitrogen and oxygen atoms in total. The van der Waals surface area contributed by atoms with Gasteiger partial charge in [-0.15, -0.1) is 0 Å². The van der Waals surface area contributed by atoms with Crippen molar-refractivity contribution in [3.05, 3.63) is 57.2 Å². The van der Waals surface area contributed by atoms with Crippen LogP contribution in [0.1, 0.15) is 18.5 Å². The van der Waals surface area contributed by atoms with Crippen LogP contribution < -0.4 is 5.69 Å². The molecule has 2 heterocycles. The first-order valence-corrected chi connectivity index (χ1v) is 7.27. The van der Waals surface area contributed by atoms with Crippen LogP contribution in [0.25, 0.3) is 11.0 Å². The summed E-state index contributed by atoms with van der Waals surface area (Å²) in [5, 5.41) is 0. The molecule has 5 heteroatoms. The summed E-state index contributed by atoms with van der Waals surface area (Å²) >= 11 is 3.55. The van der Waals surface area contributed by atoms with Crippen molar-refractivity contribution in [2.24, 2.45) is 14.1 Å². The highest BCUT2D eigenvalue weighted by Crippen LogP contribution is 2.25. The Kier molecular flexibility index (Phi) is 3.09. The minimum Gasteiger partial charge on any atom is -0.335 e. The van der Waals surface area contributed by atoms with Gasteiger partial charge >= 0.3 is 5.69 Å². The minimum absolute atomic E-state index is 0.00643. The van der Waals surface area contributed by atoms with Crippen LogP contribution in [0.4, 0.5) is 0 Å². The zero-order valence-corrected chi connectivity index (χ0v) is 13.3. The van der Waals surface area contributed by atoms with E-state index in [-0.39, 0.29) is 11.7 Å².